The van der Waals surface area contributed by atoms with E-state index in [-0.39, 0.29) is 16.5 Å². The van der Waals surface area contributed by atoms with Gasteiger partial charge in [-0.2, -0.15) is 0 Å². The Labute approximate surface area is 143 Å². The summed E-state index contributed by atoms with van der Waals surface area (Å²) in [5, 5.41) is 21.5. The van der Waals surface area contributed by atoms with E-state index in [1.807, 2.05) is 0 Å². The fourth-order valence-electron chi connectivity index (χ4n) is 1.88. The Morgan fingerprint density at radius 2 is 2.09 bits per heavy atom. The summed E-state index contributed by atoms with van der Waals surface area (Å²) in [5.41, 5.74) is 0.963. The third-order valence-corrected chi connectivity index (χ3v) is 4.38. The average molecular weight is 368 g/mol. The molecule has 0 saturated carbocycles. The quantitative estimate of drug-likeness (QED) is 0.402. The molecule has 6 nitrogen and oxygen atoms in total. The molecule has 0 spiro atoms. The maximum absolute atomic E-state index is 10.8. The number of aromatic hydroxyl groups is 1. The predicted molar refractivity (Wildman–Crippen MR) is 91.7 cm³/mol. The molecule has 0 saturated heterocycles. The summed E-state index contributed by atoms with van der Waals surface area (Å²) < 4.78 is 0.652. The number of rotatable bonds is 3. The van der Waals surface area contributed by atoms with Crippen LogP contribution in [0.25, 0.3) is 10.2 Å². The molecule has 0 bridgehead atoms. The van der Waals surface area contributed by atoms with Crippen LogP contribution >= 0.6 is 34.5 Å². The van der Waals surface area contributed by atoms with E-state index >= 15 is 0 Å². The standard InChI is InChI=1S/C14H7Cl2N3O3S/c15-8-3-7(13(20)10(16)4-8)6-17-14-18-11-2-1-9(19(21)22)5-12(11)23-14/h1-6,20H/b17-6+. The first-order valence-electron chi connectivity index (χ1n) is 6.21. The number of nitro benzene ring substituents is 1. The van der Waals surface area contributed by atoms with Crippen LogP contribution in [0, 0.1) is 10.1 Å². The summed E-state index contributed by atoms with van der Waals surface area (Å²) in [6.45, 7) is 0. The van der Waals surface area contributed by atoms with Crippen molar-refractivity contribution in [2.24, 2.45) is 4.99 Å². The summed E-state index contributed by atoms with van der Waals surface area (Å²) in [5.74, 6) is -0.128. The highest BCUT2D eigenvalue weighted by Crippen LogP contribution is 2.33. The summed E-state index contributed by atoms with van der Waals surface area (Å²) in [6, 6.07) is 7.34. The zero-order chi connectivity index (χ0) is 16.6. The second-order valence-electron chi connectivity index (χ2n) is 4.49. The lowest BCUT2D eigenvalue weighted by molar-refractivity contribution is -0.384. The Kier molecular flexibility index (Phi) is 4.16. The van der Waals surface area contributed by atoms with Crippen molar-refractivity contribution in [3.63, 3.8) is 0 Å². The number of nitrogens with zero attached hydrogens (tertiary/aromatic N) is 3. The molecule has 23 heavy (non-hydrogen) atoms. The van der Waals surface area contributed by atoms with E-state index in [0.29, 0.717) is 25.9 Å². The molecular weight excluding hydrogens is 361 g/mol. The first-order valence-corrected chi connectivity index (χ1v) is 7.78. The van der Waals surface area contributed by atoms with Crippen LogP contribution in [-0.2, 0) is 0 Å². The Hall–Kier alpha value is -2.22. The molecular formula is C14H7Cl2N3O3S. The second kappa shape index (κ2) is 6.11. The monoisotopic (exact) mass is 367 g/mol. The lowest BCUT2D eigenvalue weighted by atomic mass is 10.2. The molecule has 3 rings (SSSR count). The molecule has 0 fully saturated rings. The molecule has 1 aromatic heterocycles. The Balaban J connectivity index is 1.97. The van der Waals surface area contributed by atoms with Gasteiger partial charge in [0, 0.05) is 28.9 Å². The van der Waals surface area contributed by atoms with Crippen LogP contribution in [0.15, 0.2) is 35.3 Å². The first-order chi connectivity index (χ1) is 10.9. The number of hydrogen-bond acceptors (Lipinski definition) is 6. The van der Waals surface area contributed by atoms with E-state index in [2.05, 4.69) is 9.98 Å². The van der Waals surface area contributed by atoms with Crippen molar-refractivity contribution < 1.29 is 10.0 Å². The van der Waals surface area contributed by atoms with Gasteiger partial charge in [-0.15, -0.1) is 0 Å². The van der Waals surface area contributed by atoms with Crippen molar-refractivity contribution in [3.05, 3.63) is 56.1 Å². The predicted octanol–water partition coefficient (Wildman–Crippen LogP) is 4.97. The van der Waals surface area contributed by atoms with Crippen molar-refractivity contribution in [2.45, 2.75) is 0 Å². The van der Waals surface area contributed by atoms with E-state index < -0.39 is 4.92 Å². The minimum atomic E-state index is -0.464. The summed E-state index contributed by atoms with van der Waals surface area (Å²) in [7, 11) is 0. The maximum atomic E-state index is 10.8. The molecule has 1 heterocycles. The van der Waals surface area contributed by atoms with Crippen LogP contribution in [0.4, 0.5) is 10.8 Å². The fraction of sp³-hybridized carbons (Fsp3) is 0. The van der Waals surface area contributed by atoms with Gasteiger partial charge >= 0.3 is 0 Å². The number of aromatic nitrogens is 1. The van der Waals surface area contributed by atoms with Crippen molar-refractivity contribution in [1.82, 2.24) is 4.98 Å². The van der Waals surface area contributed by atoms with Crippen LogP contribution in [0.1, 0.15) is 5.56 Å². The van der Waals surface area contributed by atoms with Crippen molar-refractivity contribution >= 4 is 61.8 Å². The first kappa shape index (κ1) is 15.7. The molecule has 0 amide bonds. The Bertz CT molecular complexity index is 956. The second-order valence-corrected chi connectivity index (χ2v) is 6.34. The molecule has 0 atom stereocenters. The molecule has 0 radical (unpaired) electrons. The minimum absolute atomic E-state index is 0.00375. The summed E-state index contributed by atoms with van der Waals surface area (Å²) >= 11 is 12.9. The number of thiazole rings is 1. The number of hydrogen-bond donors (Lipinski definition) is 1. The molecule has 2 aromatic carbocycles. The van der Waals surface area contributed by atoms with Crippen LogP contribution in [-0.4, -0.2) is 21.2 Å². The molecule has 0 unspecified atom stereocenters. The highest BCUT2D eigenvalue weighted by Gasteiger charge is 2.10. The van der Waals surface area contributed by atoms with Crippen LogP contribution < -0.4 is 0 Å². The van der Waals surface area contributed by atoms with Gasteiger partial charge in [0.25, 0.3) is 5.69 Å². The fourth-order valence-corrected chi connectivity index (χ4v) is 3.23. The number of halogens is 2. The highest BCUT2D eigenvalue weighted by molar-refractivity contribution is 7.22. The Morgan fingerprint density at radius 3 is 2.83 bits per heavy atom. The lowest BCUT2D eigenvalue weighted by Gasteiger charge is -2.01. The van der Waals surface area contributed by atoms with Crippen molar-refractivity contribution in [2.75, 3.05) is 0 Å². The van der Waals surface area contributed by atoms with Crippen LogP contribution in [0.3, 0.4) is 0 Å². The summed E-state index contributed by atoms with van der Waals surface area (Å²) in [4.78, 5) is 18.7. The number of phenols is 1. The zero-order valence-electron chi connectivity index (χ0n) is 11.2. The van der Waals surface area contributed by atoms with E-state index in [1.54, 1.807) is 6.07 Å². The number of benzene rings is 2. The smallest absolute Gasteiger partial charge is 0.270 e. The van der Waals surface area contributed by atoms with Gasteiger partial charge in [0.1, 0.15) is 5.75 Å². The molecule has 1 N–H and O–H groups in total. The molecule has 116 valence electrons. The molecule has 0 aliphatic carbocycles. The average Bonchev–Trinajstić information content (AvgIpc) is 2.91. The molecule has 3 aromatic rings. The third kappa shape index (κ3) is 3.26. The van der Waals surface area contributed by atoms with E-state index in [1.165, 1.54) is 41.8 Å². The molecule has 9 heteroatoms. The largest absolute Gasteiger partial charge is 0.506 e. The topological polar surface area (TPSA) is 88.6 Å². The van der Waals surface area contributed by atoms with Gasteiger partial charge in [-0.3, -0.25) is 10.1 Å². The normalized spacial score (nSPS) is 11.4. The van der Waals surface area contributed by atoms with Gasteiger partial charge in [0.05, 0.1) is 20.2 Å². The van der Waals surface area contributed by atoms with Gasteiger partial charge in [-0.1, -0.05) is 34.5 Å². The van der Waals surface area contributed by atoms with Gasteiger partial charge < -0.3 is 5.11 Å². The Morgan fingerprint density at radius 1 is 1.30 bits per heavy atom. The van der Waals surface area contributed by atoms with Crippen molar-refractivity contribution in [1.29, 1.82) is 0 Å². The van der Waals surface area contributed by atoms with Crippen molar-refractivity contribution in [3.8, 4) is 5.75 Å². The number of fused-ring (bicyclic) bond motifs is 1. The van der Waals surface area contributed by atoms with Gasteiger partial charge in [0.2, 0.25) is 5.13 Å². The van der Waals surface area contributed by atoms with E-state index in [0.717, 1.165) is 0 Å². The lowest BCUT2D eigenvalue weighted by Crippen LogP contribution is -1.85. The summed E-state index contributed by atoms with van der Waals surface area (Å²) in [6.07, 6.45) is 1.39. The van der Waals surface area contributed by atoms with Gasteiger partial charge in [0.15, 0.2) is 0 Å². The highest BCUT2D eigenvalue weighted by atomic mass is 35.5. The molecule has 0 aliphatic heterocycles. The van der Waals surface area contributed by atoms with E-state index in [4.69, 9.17) is 23.2 Å². The van der Waals surface area contributed by atoms with Gasteiger partial charge in [-0.25, -0.2) is 9.98 Å². The zero-order valence-corrected chi connectivity index (χ0v) is 13.6. The number of non-ortho nitro benzene ring substituents is 1. The third-order valence-electron chi connectivity index (χ3n) is 2.94. The maximum Gasteiger partial charge on any atom is 0.270 e. The number of nitro groups is 1. The van der Waals surface area contributed by atoms with Gasteiger partial charge in [-0.05, 0) is 18.2 Å². The number of aliphatic imine (C=N–C) groups is 1. The minimum Gasteiger partial charge on any atom is -0.506 e. The SMILES string of the molecule is O=[N+]([O-])c1ccc2nc(/N=C/c3cc(Cl)cc(Cl)c3O)sc2c1. The van der Waals surface area contributed by atoms with Crippen LogP contribution in [0.5, 0.6) is 5.75 Å². The molecule has 0 aliphatic rings. The number of phenolic OH excluding ortho intramolecular Hbond substituents is 1. The van der Waals surface area contributed by atoms with Crippen LogP contribution in [0.2, 0.25) is 10.0 Å². The van der Waals surface area contributed by atoms with E-state index in [9.17, 15) is 15.2 Å².